The number of aryl methyl sites for hydroxylation is 1. The van der Waals surface area contributed by atoms with Crippen molar-refractivity contribution in [2.45, 2.75) is 37.3 Å². The predicted molar refractivity (Wildman–Crippen MR) is 69.7 cm³/mol. The minimum absolute atomic E-state index is 0.0847. The highest BCUT2D eigenvalue weighted by Gasteiger charge is 2.58. The Hall–Kier alpha value is -0.530. The lowest BCUT2D eigenvalue weighted by molar-refractivity contribution is 0.120. The second-order valence-corrected chi connectivity index (χ2v) is 8.48. The molecule has 0 radical (unpaired) electrons. The molecule has 20 heavy (non-hydrogen) atoms. The van der Waals surface area contributed by atoms with Crippen LogP contribution in [0, 0.1) is 0 Å². The summed E-state index contributed by atoms with van der Waals surface area (Å²) in [6.45, 7) is 0.629. The van der Waals surface area contributed by atoms with E-state index >= 15 is 0 Å². The molecule has 0 aromatic carbocycles. The fourth-order valence-corrected chi connectivity index (χ4v) is 3.97. The molecule has 0 spiro atoms. The molecule has 116 valence electrons. The number of rotatable bonds is 8. The van der Waals surface area contributed by atoms with Gasteiger partial charge in [-0.2, -0.15) is 0 Å². The van der Waals surface area contributed by atoms with Gasteiger partial charge < -0.3 is 29.2 Å². The number of unbranched alkanes of at least 4 members (excludes halogenated alkanes) is 2. The summed E-state index contributed by atoms with van der Waals surface area (Å²) in [5, 5.41) is 6.33. The molecule has 0 saturated heterocycles. The smallest absolute Gasteiger partial charge is 0.368 e. The number of imidazole rings is 1. The number of aromatic nitrogens is 2. The average Bonchev–Trinajstić information content (AvgIpc) is 2.78. The van der Waals surface area contributed by atoms with Gasteiger partial charge in [0.2, 0.25) is 0 Å². The second-order valence-electron chi connectivity index (χ2n) is 4.47. The fourth-order valence-electron chi connectivity index (χ4n) is 1.71. The molecule has 0 saturated carbocycles. The van der Waals surface area contributed by atoms with Crippen molar-refractivity contribution in [2.75, 3.05) is 0 Å². The summed E-state index contributed by atoms with van der Waals surface area (Å²) in [5.74, 6) is 0. The third-order valence-corrected chi connectivity index (χ3v) is 6.80. The maximum atomic E-state index is 11.1. The topological polar surface area (TPSA) is 153 Å². The first-order valence-electron chi connectivity index (χ1n) is 5.87. The van der Waals surface area contributed by atoms with Gasteiger partial charge in [0.1, 0.15) is 0 Å². The summed E-state index contributed by atoms with van der Waals surface area (Å²) < 4.78 is 24.0. The van der Waals surface area contributed by atoms with Crippen molar-refractivity contribution in [3.8, 4) is 0 Å². The van der Waals surface area contributed by atoms with E-state index < -0.39 is 26.7 Å². The van der Waals surface area contributed by atoms with Crippen LogP contribution in [0.2, 0.25) is 0 Å². The third kappa shape index (κ3) is 4.23. The van der Waals surface area contributed by atoms with E-state index in [0.717, 1.165) is 0 Å². The molecule has 1 rings (SSSR count). The summed E-state index contributed by atoms with van der Waals surface area (Å²) in [5.41, 5.74) is 0. The Morgan fingerprint density at radius 1 is 1.05 bits per heavy atom. The third-order valence-electron chi connectivity index (χ3n) is 2.92. The largest absolute Gasteiger partial charge is 0.369 e. The van der Waals surface area contributed by atoms with E-state index in [-0.39, 0.29) is 6.42 Å². The van der Waals surface area contributed by atoms with Crippen LogP contribution in [-0.2, 0) is 15.7 Å². The van der Waals surface area contributed by atoms with E-state index in [9.17, 15) is 14.2 Å². The van der Waals surface area contributed by atoms with Crippen LogP contribution in [0.3, 0.4) is 0 Å². The highest BCUT2D eigenvalue weighted by Crippen LogP contribution is 2.69. The number of hydrogen-bond donors (Lipinski definition) is 5. The Kier molecular flexibility index (Phi) is 5.69. The molecule has 0 unspecified atom stereocenters. The van der Waals surface area contributed by atoms with Gasteiger partial charge in [0.25, 0.3) is 5.08 Å². The van der Waals surface area contributed by atoms with Crippen molar-refractivity contribution < 1.29 is 33.8 Å². The Labute approximate surface area is 115 Å². The molecular formula is C9H18N2O7P2. The van der Waals surface area contributed by atoms with E-state index in [4.69, 9.17) is 19.6 Å². The Balaban J connectivity index is 2.48. The molecule has 11 heteroatoms. The van der Waals surface area contributed by atoms with Crippen LogP contribution in [0.1, 0.15) is 25.7 Å². The number of hydrogen-bond acceptors (Lipinski definition) is 4. The van der Waals surface area contributed by atoms with Gasteiger partial charge in [-0.05, 0) is 19.3 Å². The van der Waals surface area contributed by atoms with Crippen LogP contribution < -0.4 is 0 Å². The van der Waals surface area contributed by atoms with Gasteiger partial charge in [-0.15, -0.1) is 0 Å². The Morgan fingerprint density at radius 3 is 2.10 bits per heavy atom. The van der Waals surface area contributed by atoms with Crippen LogP contribution in [-0.4, -0.2) is 39.3 Å². The number of aliphatic hydroxyl groups is 1. The van der Waals surface area contributed by atoms with E-state index in [0.29, 0.717) is 19.4 Å². The standard InChI is InChI=1S/C9H18N2O7P2/c12-9(19(13,14)15,20(16,17)18)4-2-1-3-6-11-7-5-10-8-11/h5,7-8,12H,1-4,6H2,(H2,13,14,15)(H2,16,17,18). The van der Waals surface area contributed by atoms with Crippen molar-refractivity contribution in [2.24, 2.45) is 0 Å². The zero-order valence-electron chi connectivity index (χ0n) is 10.6. The first kappa shape index (κ1) is 17.5. The van der Waals surface area contributed by atoms with Crippen molar-refractivity contribution >= 4 is 15.2 Å². The van der Waals surface area contributed by atoms with Gasteiger partial charge in [0, 0.05) is 18.9 Å². The van der Waals surface area contributed by atoms with Crippen LogP contribution >= 0.6 is 15.2 Å². The summed E-state index contributed by atoms with van der Waals surface area (Å²) in [7, 11) is -10.7. The van der Waals surface area contributed by atoms with E-state index in [1.165, 1.54) is 0 Å². The Morgan fingerprint density at radius 2 is 1.65 bits per heavy atom. The minimum atomic E-state index is -5.33. The van der Waals surface area contributed by atoms with Gasteiger partial charge >= 0.3 is 15.2 Å². The van der Waals surface area contributed by atoms with E-state index in [2.05, 4.69) is 4.98 Å². The lowest BCUT2D eigenvalue weighted by atomic mass is 10.2. The minimum Gasteiger partial charge on any atom is -0.368 e. The summed E-state index contributed by atoms with van der Waals surface area (Å²) in [4.78, 5) is 39.6. The second kappa shape index (κ2) is 6.49. The maximum Gasteiger partial charge on any atom is 0.369 e. The molecule has 1 aromatic heterocycles. The number of nitrogens with zero attached hydrogens (tertiary/aromatic N) is 2. The van der Waals surface area contributed by atoms with Crippen molar-refractivity contribution in [1.29, 1.82) is 0 Å². The predicted octanol–water partition coefficient (Wildman–Crippen LogP) is 0.445. The molecule has 5 N–H and O–H groups in total. The lowest BCUT2D eigenvalue weighted by Crippen LogP contribution is -2.28. The molecule has 0 aliphatic heterocycles. The van der Waals surface area contributed by atoms with E-state index in [1.54, 1.807) is 23.3 Å². The van der Waals surface area contributed by atoms with Gasteiger partial charge in [0.05, 0.1) is 6.33 Å². The van der Waals surface area contributed by atoms with Crippen LogP contribution in [0.5, 0.6) is 0 Å². The molecule has 9 nitrogen and oxygen atoms in total. The quantitative estimate of drug-likeness (QED) is 0.340. The highest BCUT2D eigenvalue weighted by atomic mass is 31.2. The summed E-state index contributed by atoms with van der Waals surface area (Å²) in [6, 6.07) is 0. The molecular weight excluding hydrogens is 310 g/mol. The zero-order valence-corrected chi connectivity index (χ0v) is 12.4. The molecule has 0 amide bonds. The molecule has 0 bridgehead atoms. The molecule has 0 aliphatic rings. The van der Waals surface area contributed by atoms with Crippen molar-refractivity contribution in [3.63, 3.8) is 0 Å². The van der Waals surface area contributed by atoms with Gasteiger partial charge in [-0.25, -0.2) is 4.98 Å². The average molecular weight is 328 g/mol. The molecule has 0 atom stereocenters. The molecule has 1 aromatic rings. The zero-order chi connectivity index (χ0) is 15.4. The van der Waals surface area contributed by atoms with Crippen molar-refractivity contribution in [3.05, 3.63) is 18.7 Å². The maximum absolute atomic E-state index is 11.1. The molecule has 0 fully saturated rings. The van der Waals surface area contributed by atoms with Crippen LogP contribution in [0.25, 0.3) is 0 Å². The highest BCUT2D eigenvalue weighted by molar-refractivity contribution is 7.72. The summed E-state index contributed by atoms with van der Waals surface area (Å²) >= 11 is 0. The van der Waals surface area contributed by atoms with Crippen LogP contribution in [0.15, 0.2) is 18.7 Å². The normalized spacial score (nSPS) is 13.7. The van der Waals surface area contributed by atoms with E-state index in [1.807, 2.05) is 0 Å². The Bertz CT molecular complexity index is 484. The molecule has 0 aliphatic carbocycles. The van der Waals surface area contributed by atoms with Crippen molar-refractivity contribution in [1.82, 2.24) is 9.55 Å². The summed E-state index contributed by atoms with van der Waals surface area (Å²) in [6.07, 6.45) is 5.49. The van der Waals surface area contributed by atoms with Gasteiger partial charge in [-0.1, -0.05) is 6.42 Å². The first-order valence-corrected chi connectivity index (χ1v) is 9.10. The first-order chi connectivity index (χ1) is 9.08. The lowest BCUT2D eigenvalue weighted by Gasteiger charge is -2.29. The molecule has 1 heterocycles. The fraction of sp³-hybridized carbons (Fsp3) is 0.667. The van der Waals surface area contributed by atoms with Crippen LogP contribution in [0.4, 0.5) is 0 Å². The SMILES string of the molecule is O=P(O)(O)C(O)(CCCCCn1ccnc1)P(=O)(O)O. The monoisotopic (exact) mass is 328 g/mol. The van der Waals surface area contributed by atoms with Gasteiger partial charge in [0.15, 0.2) is 0 Å². The van der Waals surface area contributed by atoms with Gasteiger partial charge in [-0.3, -0.25) is 9.13 Å².